The molecule has 164 valence electrons. The summed E-state index contributed by atoms with van der Waals surface area (Å²) in [5.74, 6) is 1.81. The van der Waals surface area contributed by atoms with Crippen molar-refractivity contribution >= 4 is 17.4 Å². The van der Waals surface area contributed by atoms with Crippen LogP contribution in [0.1, 0.15) is 20.3 Å². The van der Waals surface area contributed by atoms with Crippen molar-refractivity contribution < 1.29 is 9.53 Å². The molecular formula is C23H30N6O2. The second-order valence-corrected chi connectivity index (χ2v) is 8.03. The van der Waals surface area contributed by atoms with Gasteiger partial charge in [0.2, 0.25) is 5.91 Å². The molecule has 0 aliphatic carbocycles. The molecule has 1 aliphatic heterocycles. The van der Waals surface area contributed by atoms with E-state index in [9.17, 15) is 4.79 Å². The number of nitrogens with one attached hydrogen (secondary N) is 1. The summed E-state index contributed by atoms with van der Waals surface area (Å²) in [6.07, 6.45) is 5.78. The van der Waals surface area contributed by atoms with Gasteiger partial charge in [-0.1, -0.05) is 12.1 Å². The molecule has 3 aromatic rings. The number of nitrogens with zero attached hydrogens (tertiary/aromatic N) is 5. The molecule has 4 rings (SSSR count). The minimum atomic E-state index is 0.189. The molecule has 1 saturated heterocycles. The highest BCUT2D eigenvalue weighted by Gasteiger charge is 2.22. The summed E-state index contributed by atoms with van der Waals surface area (Å²) >= 11 is 0. The molecule has 1 fully saturated rings. The zero-order valence-electron chi connectivity index (χ0n) is 18.4. The fourth-order valence-electron chi connectivity index (χ4n) is 3.98. The molecule has 8 nitrogen and oxygen atoms in total. The second-order valence-electron chi connectivity index (χ2n) is 8.03. The Kier molecular flexibility index (Phi) is 6.36. The number of carbonyl (C=O) groups is 1. The number of ether oxygens (including phenoxy) is 1. The monoisotopic (exact) mass is 422 g/mol. The van der Waals surface area contributed by atoms with Crippen molar-refractivity contribution in [3.63, 3.8) is 0 Å². The molecule has 1 aromatic carbocycles. The van der Waals surface area contributed by atoms with Crippen molar-refractivity contribution in [3.8, 4) is 17.0 Å². The third-order valence-electron chi connectivity index (χ3n) is 5.80. The first-order valence-electron chi connectivity index (χ1n) is 10.8. The fourth-order valence-corrected chi connectivity index (χ4v) is 3.98. The van der Waals surface area contributed by atoms with E-state index < -0.39 is 0 Å². The number of imidazole rings is 1. The van der Waals surface area contributed by atoms with E-state index in [0.717, 1.165) is 54.7 Å². The predicted octanol–water partition coefficient (Wildman–Crippen LogP) is 2.76. The lowest BCUT2D eigenvalue weighted by Gasteiger charge is -2.37. The van der Waals surface area contributed by atoms with Crippen LogP contribution >= 0.6 is 0 Å². The quantitative estimate of drug-likeness (QED) is 0.631. The molecule has 31 heavy (non-hydrogen) atoms. The number of hydrogen-bond donors (Lipinski definition) is 1. The molecule has 0 unspecified atom stereocenters. The van der Waals surface area contributed by atoms with Gasteiger partial charge in [0, 0.05) is 63.1 Å². The summed E-state index contributed by atoms with van der Waals surface area (Å²) in [7, 11) is 1.65. The van der Waals surface area contributed by atoms with Crippen molar-refractivity contribution in [2.24, 2.45) is 0 Å². The molecular weight excluding hydrogens is 392 g/mol. The highest BCUT2D eigenvalue weighted by Crippen LogP contribution is 2.30. The van der Waals surface area contributed by atoms with E-state index in [0.29, 0.717) is 19.0 Å². The maximum atomic E-state index is 12.7. The summed E-state index contributed by atoms with van der Waals surface area (Å²) in [5, 5.41) is 3.44. The fraction of sp³-hybridized carbons (Fsp3) is 0.435. The molecule has 0 atom stereocenters. The average Bonchev–Trinajstić information content (AvgIpc) is 3.18. The normalized spacial score (nSPS) is 14.9. The van der Waals surface area contributed by atoms with Gasteiger partial charge in [0.1, 0.15) is 17.3 Å². The van der Waals surface area contributed by atoms with E-state index in [2.05, 4.69) is 29.0 Å². The highest BCUT2D eigenvalue weighted by molar-refractivity contribution is 5.79. The Labute approximate surface area is 182 Å². The van der Waals surface area contributed by atoms with Crippen LogP contribution in [0.5, 0.6) is 5.75 Å². The van der Waals surface area contributed by atoms with Crippen LogP contribution in [0.3, 0.4) is 0 Å². The Morgan fingerprint density at radius 3 is 2.77 bits per heavy atom. The van der Waals surface area contributed by atoms with Crippen LogP contribution in [0.4, 0.5) is 5.82 Å². The number of methoxy groups -OCH3 is 1. The minimum Gasteiger partial charge on any atom is -0.497 e. The molecule has 0 spiro atoms. The van der Waals surface area contributed by atoms with Gasteiger partial charge in [-0.2, -0.15) is 0 Å². The highest BCUT2D eigenvalue weighted by atomic mass is 16.5. The molecule has 1 amide bonds. The Balaban J connectivity index is 1.46. The number of anilines is 1. The largest absolute Gasteiger partial charge is 0.497 e. The van der Waals surface area contributed by atoms with Gasteiger partial charge < -0.3 is 15.0 Å². The summed E-state index contributed by atoms with van der Waals surface area (Å²) in [6, 6.07) is 8.34. The van der Waals surface area contributed by atoms with Crippen LogP contribution in [-0.2, 0) is 4.79 Å². The smallest absolute Gasteiger partial charge is 0.224 e. The van der Waals surface area contributed by atoms with Gasteiger partial charge in [-0.25, -0.2) is 4.98 Å². The SMILES string of the molecule is COc1cccc(-c2nc3cnccn3c2NCCC(=O)N2CCN(C(C)C)CC2)c1. The van der Waals surface area contributed by atoms with E-state index in [1.807, 2.05) is 39.8 Å². The summed E-state index contributed by atoms with van der Waals surface area (Å²) < 4.78 is 7.34. The molecule has 1 N–H and O–H groups in total. The first-order valence-corrected chi connectivity index (χ1v) is 10.8. The lowest BCUT2D eigenvalue weighted by atomic mass is 10.1. The minimum absolute atomic E-state index is 0.189. The van der Waals surface area contributed by atoms with Crippen LogP contribution in [0, 0.1) is 0 Å². The Morgan fingerprint density at radius 1 is 1.23 bits per heavy atom. The topological polar surface area (TPSA) is 75.0 Å². The van der Waals surface area contributed by atoms with Gasteiger partial charge in [0.05, 0.1) is 13.3 Å². The summed E-state index contributed by atoms with van der Waals surface area (Å²) in [5.41, 5.74) is 2.51. The number of piperazine rings is 1. The number of benzene rings is 1. The summed E-state index contributed by atoms with van der Waals surface area (Å²) in [4.78, 5) is 26.0. The zero-order valence-corrected chi connectivity index (χ0v) is 18.4. The molecule has 1 aliphatic rings. The van der Waals surface area contributed by atoms with E-state index in [1.54, 1.807) is 19.5 Å². The number of aromatic nitrogens is 3. The van der Waals surface area contributed by atoms with Crippen molar-refractivity contribution in [3.05, 3.63) is 42.9 Å². The van der Waals surface area contributed by atoms with Crippen LogP contribution in [0.25, 0.3) is 16.9 Å². The van der Waals surface area contributed by atoms with Gasteiger partial charge in [0.25, 0.3) is 0 Å². The first-order chi connectivity index (χ1) is 15.1. The average molecular weight is 423 g/mol. The molecule has 2 aromatic heterocycles. The molecule has 3 heterocycles. The van der Waals surface area contributed by atoms with Crippen LogP contribution in [0.15, 0.2) is 42.9 Å². The van der Waals surface area contributed by atoms with Gasteiger partial charge in [0.15, 0.2) is 5.65 Å². The van der Waals surface area contributed by atoms with Gasteiger partial charge in [-0.3, -0.25) is 19.1 Å². The number of amides is 1. The van der Waals surface area contributed by atoms with E-state index >= 15 is 0 Å². The van der Waals surface area contributed by atoms with Crippen molar-refractivity contribution in [2.45, 2.75) is 26.3 Å². The maximum absolute atomic E-state index is 12.7. The third-order valence-corrected chi connectivity index (χ3v) is 5.80. The van der Waals surface area contributed by atoms with E-state index in [4.69, 9.17) is 9.72 Å². The number of fused-ring (bicyclic) bond motifs is 1. The standard InChI is InChI=1S/C23H30N6O2/c1-17(2)27-11-13-28(14-12-27)21(30)7-8-25-23-22(18-5-4-6-19(15-18)31-3)26-20-16-24-9-10-29(20)23/h4-6,9-10,15-17,25H,7-8,11-14H2,1-3H3. The molecule has 0 radical (unpaired) electrons. The Bertz CT molecular complexity index is 1040. The number of rotatable bonds is 7. The molecule has 0 bridgehead atoms. The van der Waals surface area contributed by atoms with Gasteiger partial charge in [-0.05, 0) is 26.0 Å². The zero-order chi connectivity index (χ0) is 21.8. The second kappa shape index (κ2) is 9.34. The first kappa shape index (κ1) is 21.1. The predicted molar refractivity (Wildman–Crippen MR) is 121 cm³/mol. The Hall–Kier alpha value is -3.13. The lowest BCUT2D eigenvalue weighted by molar-refractivity contribution is -0.132. The number of hydrogen-bond acceptors (Lipinski definition) is 6. The van der Waals surface area contributed by atoms with Gasteiger partial charge >= 0.3 is 0 Å². The lowest BCUT2D eigenvalue weighted by Crippen LogP contribution is -2.50. The van der Waals surface area contributed by atoms with Gasteiger partial charge in [-0.15, -0.1) is 0 Å². The van der Waals surface area contributed by atoms with Crippen LogP contribution in [0.2, 0.25) is 0 Å². The van der Waals surface area contributed by atoms with Crippen molar-refractivity contribution in [1.29, 1.82) is 0 Å². The molecule has 8 heteroatoms. The Morgan fingerprint density at radius 2 is 2.03 bits per heavy atom. The van der Waals surface area contributed by atoms with E-state index in [-0.39, 0.29) is 5.91 Å². The van der Waals surface area contributed by atoms with Crippen molar-refractivity contribution in [2.75, 3.05) is 45.2 Å². The van der Waals surface area contributed by atoms with Crippen LogP contribution < -0.4 is 10.1 Å². The third kappa shape index (κ3) is 4.64. The van der Waals surface area contributed by atoms with Crippen molar-refractivity contribution in [1.82, 2.24) is 24.2 Å². The van der Waals surface area contributed by atoms with E-state index in [1.165, 1.54) is 0 Å². The number of carbonyl (C=O) groups excluding carboxylic acids is 1. The van der Waals surface area contributed by atoms with Crippen LogP contribution in [-0.4, -0.2) is 76.0 Å². The summed E-state index contributed by atoms with van der Waals surface area (Å²) in [6.45, 7) is 8.42. The maximum Gasteiger partial charge on any atom is 0.224 e. The molecule has 0 saturated carbocycles.